The lowest BCUT2D eigenvalue weighted by Gasteiger charge is -2.29. The molecule has 0 radical (unpaired) electrons. The summed E-state index contributed by atoms with van der Waals surface area (Å²) < 4.78 is 19.2. The molecule has 1 aliphatic rings. The molecule has 8 heteroatoms. The quantitative estimate of drug-likeness (QED) is 0.482. The number of nitro groups is 1. The summed E-state index contributed by atoms with van der Waals surface area (Å²) in [5.41, 5.74) is -0.459. The molecular formula is C11H13BrFN3O3. The molecule has 0 atom stereocenters. The number of hydrogen-bond acceptors (Lipinski definition) is 5. The van der Waals surface area contributed by atoms with Crippen LogP contribution >= 0.6 is 15.9 Å². The second kappa shape index (κ2) is 5.79. The first-order chi connectivity index (χ1) is 8.99. The largest absolute Gasteiger partial charge is 0.481 e. The molecule has 0 bridgehead atoms. The minimum absolute atomic E-state index is 0.0261. The van der Waals surface area contributed by atoms with Gasteiger partial charge in [-0.2, -0.15) is 0 Å². The average Bonchev–Trinajstić information content (AvgIpc) is 2.36. The van der Waals surface area contributed by atoms with Crippen molar-refractivity contribution in [3.8, 4) is 5.75 Å². The van der Waals surface area contributed by atoms with Gasteiger partial charge in [-0.25, -0.2) is 9.37 Å². The van der Waals surface area contributed by atoms with Gasteiger partial charge in [0.2, 0.25) is 5.75 Å². The number of ether oxygens (including phenoxy) is 1. The Labute approximate surface area is 117 Å². The molecule has 0 aliphatic carbocycles. The molecule has 0 saturated carbocycles. The van der Waals surface area contributed by atoms with Crippen molar-refractivity contribution in [2.75, 3.05) is 20.1 Å². The number of likely N-dealkylation sites (tertiary alicyclic amines) is 1. The van der Waals surface area contributed by atoms with E-state index in [1.807, 2.05) is 7.05 Å². The molecule has 0 aromatic carbocycles. The Kier molecular flexibility index (Phi) is 4.31. The van der Waals surface area contributed by atoms with Crippen molar-refractivity contribution in [1.82, 2.24) is 9.88 Å². The second-order valence-electron chi connectivity index (χ2n) is 4.45. The van der Waals surface area contributed by atoms with Gasteiger partial charge >= 0.3 is 5.69 Å². The molecule has 1 fully saturated rings. The van der Waals surface area contributed by atoms with Gasteiger partial charge in [0.25, 0.3) is 0 Å². The minimum Gasteiger partial charge on any atom is -0.481 e. The second-order valence-corrected chi connectivity index (χ2v) is 5.20. The van der Waals surface area contributed by atoms with Gasteiger partial charge in [0.15, 0.2) is 10.4 Å². The summed E-state index contributed by atoms with van der Waals surface area (Å²) in [6, 6.07) is 0. The van der Waals surface area contributed by atoms with Crippen LogP contribution < -0.4 is 4.74 Å². The highest BCUT2D eigenvalue weighted by molar-refractivity contribution is 9.10. The maximum atomic E-state index is 13.7. The summed E-state index contributed by atoms with van der Waals surface area (Å²) in [6.45, 7) is 1.65. The van der Waals surface area contributed by atoms with Crippen LogP contribution in [0.3, 0.4) is 0 Å². The summed E-state index contributed by atoms with van der Waals surface area (Å²) in [6.07, 6.45) is 2.14. The minimum atomic E-state index is -0.811. The van der Waals surface area contributed by atoms with Crippen LogP contribution in [-0.2, 0) is 0 Å². The van der Waals surface area contributed by atoms with Crippen LogP contribution in [-0.4, -0.2) is 41.0 Å². The lowest BCUT2D eigenvalue weighted by Crippen LogP contribution is -2.35. The summed E-state index contributed by atoms with van der Waals surface area (Å²) in [7, 11) is 1.99. The van der Waals surface area contributed by atoms with Crippen LogP contribution in [0.4, 0.5) is 10.1 Å². The van der Waals surface area contributed by atoms with Crippen molar-refractivity contribution in [3.63, 3.8) is 0 Å². The van der Waals surface area contributed by atoms with Crippen LogP contribution in [0.5, 0.6) is 5.75 Å². The summed E-state index contributed by atoms with van der Waals surface area (Å²) in [4.78, 5) is 16.0. The molecule has 104 valence electrons. The Balaban J connectivity index is 2.24. The fraction of sp³-hybridized carbons (Fsp3) is 0.545. The van der Waals surface area contributed by atoms with E-state index in [-0.39, 0.29) is 16.5 Å². The molecule has 0 N–H and O–H groups in total. The van der Waals surface area contributed by atoms with E-state index in [0.717, 1.165) is 19.3 Å². The van der Waals surface area contributed by atoms with E-state index < -0.39 is 16.4 Å². The Morgan fingerprint density at radius 2 is 2.21 bits per heavy atom. The SMILES string of the molecule is CN1CCC(Oc2c(F)cnc(Br)c2[N+](=O)[O-])CC1. The van der Waals surface area contributed by atoms with E-state index >= 15 is 0 Å². The van der Waals surface area contributed by atoms with Gasteiger partial charge in [0.1, 0.15) is 6.10 Å². The van der Waals surface area contributed by atoms with Gasteiger partial charge in [-0.05, 0) is 35.8 Å². The molecule has 1 aromatic rings. The van der Waals surface area contributed by atoms with Crippen molar-refractivity contribution in [2.24, 2.45) is 0 Å². The third-order valence-corrected chi connectivity index (χ3v) is 3.63. The van der Waals surface area contributed by atoms with E-state index in [0.29, 0.717) is 12.8 Å². The Morgan fingerprint density at radius 1 is 1.58 bits per heavy atom. The molecule has 0 unspecified atom stereocenters. The van der Waals surface area contributed by atoms with E-state index in [9.17, 15) is 14.5 Å². The van der Waals surface area contributed by atoms with E-state index in [1.54, 1.807) is 0 Å². The van der Waals surface area contributed by atoms with Crippen molar-refractivity contribution >= 4 is 21.6 Å². The average molecular weight is 334 g/mol. The normalized spacial score (nSPS) is 17.4. The fourth-order valence-electron chi connectivity index (χ4n) is 1.98. The van der Waals surface area contributed by atoms with Gasteiger partial charge in [0.05, 0.1) is 11.1 Å². The van der Waals surface area contributed by atoms with Crippen LogP contribution in [0, 0.1) is 15.9 Å². The number of aromatic nitrogens is 1. The number of hydrogen-bond donors (Lipinski definition) is 0. The van der Waals surface area contributed by atoms with Gasteiger partial charge in [-0.1, -0.05) is 0 Å². The predicted molar refractivity (Wildman–Crippen MR) is 69.7 cm³/mol. The summed E-state index contributed by atoms with van der Waals surface area (Å²) in [5.74, 6) is -1.14. The lowest BCUT2D eigenvalue weighted by molar-refractivity contribution is -0.387. The number of nitrogens with zero attached hydrogens (tertiary/aromatic N) is 3. The number of pyridine rings is 1. The number of piperidine rings is 1. The van der Waals surface area contributed by atoms with E-state index in [2.05, 4.69) is 25.8 Å². The molecule has 0 amide bonds. The number of halogens is 2. The third-order valence-electron chi connectivity index (χ3n) is 3.05. The van der Waals surface area contributed by atoms with Crippen molar-refractivity contribution < 1.29 is 14.1 Å². The number of rotatable bonds is 3. The molecular weight excluding hydrogens is 321 g/mol. The monoisotopic (exact) mass is 333 g/mol. The van der Waals surface area contributed by atoms with Gasteiger partial charge < -0.3 is 9.64 Å². The standard InChI is InChI=1S/C11H13BrFN3O3/c1-15-4-2-7(3-5-15)19-10-8(13)6-14-11(12)9(10)16(17)18/h6-7H,2-5H2,1H3. The van der Waals surface area contributed by atoms with Crippen LogP contribution in [0.25, 0.3) is 0 Å². The summed E-state index contributed by atoms with van der Waals surface area (Å²) >= 11 is 2.95. The van der Waals surface area contributed by atoms with Gasteiger partial charge in [-0.15, -0.1) is 0 Å². The van der Waals surface area contributed by atoms with Crippen LogP contribution in [0.1, 0.15) is 12.8 Å². The van der Waals surface area contributed by atoms with Crippen molar-refractivity contribution in [1.29, 1.82) is 0 Å². The fourth-order valence-corrected chi connectivity index (χ4v) is 2.41. The third kappa shape index (κ3) is 3.19. The zero-order valence-corrected chi connectivity index (χ0v) is 11.9. The zero-order chi connectivity index (χ0) is 14.0. The molecule has 6 nitrogen and oxygen atoms in total. The molecule has 19 heavy (non-hydrogen) atoms. The van der Waals surface area contributed by atoms with E-state index in [4.69, 9.17) is 4.74 Å². The summed E-state index contributed by atoms with van der Waals surface area (Å²) in [5, 5.41) is 11.0. The maximum absolute atomic E-state index is 13.7. The Hall–Kier alpha value is -1.28. The van der Waals surface area contributed by atoms with Gasteiger partial charge in [-0.3, -0.25) is 10.1 Å². The highest BCUT2D eigenvalue weighted by atomic mass is 79.9. The maximum Gasteiger partial charge on any atom is 0.346 e. The zero-order valence-electron chi connectivity index (χ0n) is 10.3. The molecule has 0 spiro atoms. The Morgan fingerprint density at radius 3 is 2.79 bits per heavy atom. The molecule has 1 saturated heterocycles. The first kappa shape index (κ1) is 14.1. The van der Waals surface area contributed by atoms with Crippen molar-refractivity contribution in [3.05, 3.63) is 26.7 Å². The molecule has 1 aromatic heterocycles. The highest BCUT2D eigenvalue weighted by Gasteiger charge is 2.29. The Bertz CT molecular complexity index is 492. The lowest BCUT2D eigenvalue weighted by atomic mass is 10.1. The molecule has 1 aliphatic heterocycles. The smallest absolute Gasteiger partial charge is 0.346 e. The first-order valence-electron chi connectivity index (χ1n) is 5.82. The molecule has 2 rings (SSSR count). The van der Waals surface area contributed by atoms with Crippen molar-refractivity contribution in [2.45, 2.75) is 18.9 Å². The first-order valence-corrected chi connectivity index (χ1v) is 6.62. The molecule has 2 heterocycles. The van der Waals surface area contributed by atoms with Gasteiger partial charge in [0, 0.05) is 13.1 Å². The topological polar surface area (TPSA) is 68.5 Å². The van der Waals surface area contributed by atoms with Crippen LogP contribution in [0.2, 0.25) is 0 Å². The van der Waals surface area contributed by atoms with E-state index in [1.165, 1.54) is 0 Å². The van der Waals surface area contributed by atoms with Crippen LogP contribution in [0.15, 0.2) is 10.8 Å². The highest BCUT2D eigenvalue weighted by Crippen LogP contribution is 2.36. The predicted octanol–water partition coefficient (Wildman–Crippen LogP) is 2.36.